The normalized spacial score (nSPS) is 11.9. The number of rotatable bonds is 2. The van der Waals surface area contributed by atoms with Crippen molar-refractivity contribution in [2.75, 3.05) is 0 Å². The quantitative estimate of drug-likeness (QED) is 0.614. The molecule has 0 bridgehead atoms. The van der Waals surface area contributed by atoms with Crippen LogP contribution in [0.25, 0.3) is 0 Å². The van der Waals surface area contributed by atoms with Crippen molar-refractivity contribution >= 4 is 7.85 Å². The van der Waals surface area contributed by atoms with Gasteiger partial charge in [-0.3, -0.25) is 0 Å². The third kappa shape index (κ3) is 2.09. The fourth-order valence-electron chi connectivity index (χ4n) is 0.884. The molecule has 66 valence electrons. The SMILES string of the molecule is BCCc1noc(C(C)(C)C)n1. The van der Waals surface area contributed by atoms with Gasteiger partial charge < -0.3 is 4.52 Å². The van der Waals surface area contributed by atoms with Gasteiger partial charge in [0.05, 0.1) is 0 Å². The van der Waals surface area contributed by atoms with E-state index in [1.165, 1.54) is 0 Å². The van der Waals surface area contributed by atoms with Gasteiger partial charge in [0.1, 0.15) is 7.85 Å². The van der Waals surface area contributed by atoms with Gasteiger partial charge in [-0.2, -0.15) is 4.98 Å². The van der Waals surface area contributed by atoms with Crippen molar-refractivity contribution in [3.63, 3.8) is 0 Å². The average molecular weight is 166 g/mol. The molecule has 1 aromatic heterocycles. The predicted octanol–water partition coefficient (Wildman–Crippen LogP) is 0.961. The Morgan fingerprint density at radius 2 is 2.08 bits per heavy atom. The lowest BCUT2D eigenvalue weighted by Crippen LogP contribution is -2.11. The summed E-state index contributed by atoms with van der Waals surface area (Å²) in [5, 5.41) is 3.89. The van der Waals surface area contributed by atoms with Gasteiger partial charge >= 0.3 is 0 Å². The molecule has 0 atom stereocenters. The van der Waals surface area contributed by atoms with E-state index in [0.29, 0.717) is 0 Å². The lowest BCUT2D eigenvalue weighted by atomic mass is 9.97. The first kappa shape index (κ1) is 9.29. The van der Waals surface area contributed by atoms with E-state index in [9.17, 15) is 0 Å². The molecule has 4 heteroatoms. The highest BCUT2D eigenvalue weighted by Crippen LogP contribution is 2.19. The zero-order chi connectivity index (χ0) is 9.19. The van der Waals surface area contributed by atoms with Gasteiger partial charge in [-0.25, -0.2) is 0 Å². The second-order valence-corrected chi connectivity index (χ2v) is 4.02. The lowest BCUT2D eigenvalue weighted by molar-refractivity contribution is 0.318. The second kappa shape index (κ2) is 3.29. The third-order valence-electron chi connectivity index (χ3n) is 1.58. The number of aromatic nitrogens is 2. The molecule has 0 radical (unpaired) electrons. The van der Waals surface area contributed by atoms with Crippen molar-refractivity contribution in [1.82, 2.24) is 10.1 Å². The molecular weight excluding hydrogens is 151 g/mol. The summed E-state index contributed by atoms with van der Waals surface area (Å²) in [6, 6.07) is 0. The highest BCUT2D eigenvalue weighted by Gasteiger charge is 2.21. The van der Waals surface area contributed by atoms with Gasteiger partial charge in [-0.15, -0.1) is 0 Å². The molecule has 12 heavy (non-hydrogen) atoms. The average Bonchev–Trinajstić information content (AvgIpc) is 2.35. The number of nitrogens with zero attached hydrogens (tertiary/aromatic N) is 2. The summed E-state index contributed by atoms with van der Waals surface area (Å²) in [6.07, 6.45) is 1.96. The highest BCUT2D eigenvalue weighted by molar-refractivity contribution is 6.08. The summed E-state index contributed by atoms with van der Waals surface area (Å²) in [7, 11) is 2.10. The maximum absolute atomic E-state index is 5.12. The van der Waals surface area contributed by atoms with Crippen molar-refractivity contribution in [2.45, 2.75) is 38.9 Å². The summed E-state index contributed by atoms with van der Waals surface area (Å²) < 4.78 is 5.12. The fraction of sp³-hybridized carbons (Fsp3) is 0.750. The van der Waals surface area contributed by atoms with Crippen LogP contribution < -0.4 is 0 Å². The van der Waals surface area contributed by atoms with E-state index in [-0.39, 0.29) is 5.41 Å². The first-order valence-electron chi connectivity index (χ1n) is 4.37. The van der Waals surface area contributed by atoms with E-state index in [1.54, 1.807) is 0 Å². The van der Waals surface area contributed by atoms with Crippen molar-refractivity contribution in [3.05, 3.63) is 11.7 Å². The van der Waals surface area contributed by atoms with Crippen LogP contribution in [0.3, 0.4) is 0 Å². The van der Waals surface area contributed by atoms with Crippen LogP contribution in [0.4, 0.5) is 0 Å². The van der Waals surface area contributed by atoms with Crippen molar-refractivity contribution in [3.8, 4) is 0 Å². The van der Waals surface area contributed by atoms with Crippen LogP contribution in [0.2, 0.25) is 6.32 Å². The van der Waals surface area contributed by atoms with Crippen LogP contribution in [0, 0.1) is 0 Å². The number of aryl methyl sites for hydroxylation is 1. The van der Waals surface area contributed by atoms with Crippen LogP contribution in [0.5, 0.6) is 0 Å². The second-order valence-electron chi connectivity index (χ2n) is 4.02. The minimum Gasteiger partial charge on any atom is -0.339 e. The van der Waals surface area contributed by atoms with Gasteiger partial charge in [0.2, 0.25) is 5.89 Å². The smallest absolute Gasteiger partial charge is 0.232 e. The molecule has 1 rings (SSSR count). The summed E-state index contributed by atoms with van der Waals surface area (Å²) >= 11 is 0. The first-order chi connectivity index (χ1) is 5.54. The molecular formula is C8H15BN2O. The molecule has 0 N–H and O–H groups in total. The maximum Gasteiger partial charge on any atom is 0.232 e. The van der Waals surface area contributed by atoms with E-state index in [4.69, 9.17) is 4.52 Å². The Bertz CT molecular complexity index is 252. The van der Waals surface area contributed by atoms with E-state index < -0.39 is 0 Å². The van der Waals surface area contributed by atoms with Crippen molar-refractivity contribution in [2.24, 2.45) is 0 Å². The van der Waals surface area contributed by atoms with E-state index in [1.807, 2.05) is 0 Å². The topological polar surface area (TPSA) is 38.9 Å². The Morgan fingerprint density at radius 1 is 1.42 bits per heavy atom. The molecule has 0 spiro atoms. The summed E-state index contributed by atoms with van der Waals surface area (Å²) in [4.78, 5) is 4.29. The Kier molecular flexibility index (Phi) is 2.55. The highest BCUT2D eigenvalue weighted by atomic mass is 16.5. The Morgan fingerprint density at radius 3 is 2.50 bits per heavy atom. The Hall–Kier alpha value is -0.795. The molecule has 0 saturated carbocycles. The van der Waals surface area contributed by atoms with Crippen LogP contribution in [-0.4, -0.2) is 18.0 Å². The molecule has 0 unspecified atom stereocenters. The summed E-state index contributed by atoms with van der Waals surface area (Å²) in [6.45, 7) is 6.20. The monoisotopic (exact) mass is 166 g/mol. The largest absolute Gasteiger partial charge is 0.339 e. The lowest BCUT2D eigenvalue weighted by Gasteiger charge is -2.10. The van der Waals surface area contributed by atoms with Gasteiger partial charge in [-0.05, 0) is 0 Å². The Balaban J connectivity index is 2.77. The molecule has 0 aliphatic heterocycles. The van der Waals surface area contributed by atoms with Crippen LogP contribution in [-0.2, 0) is 11.8 Å². The van der Waals surface area contributed by atoms with Gasteiger partial charge in [0.25, 0.3) is 0 Å². The maximum atomic E-state index is 5.12. The van der Waals surface area contributed by atoms with Gasteiger partial charge in [-0.1, -0.05) is 32.2 Å². The zero-order valence-corrected chi connectivity index (χ0v) is 8.22. The van der Waals surface area contributed by atoms with Gasteiger partial charge in [0, 0.05) is 11.8 Å². The standard InChI is InChI=1S/C8H15BN2O/c1-8(2,3)7-10-6(4-5-9)11-12-7/h4-5,9H2,1-3H3. The summed E-state index contributed by atoms with van der Waals surface area (Å²) in [5.74, 6) is 1.55. The summed E-state index contributed by atoms with van der Waals surface area (Å²) in [5.41, 5.74) is -0.0288. The molecule has 1 heterocycles. The van der Waals surface area contributed by atoms with Crippen LogP contribution in [0.15, 0.2) is 4.52 Å². The van der Waals surface area contributed by atoms with Gasteiger partial charge in [0.15, 0.2) is 5.82 Å². The molecule has 3 nitrogen and oxygen atoms in total. The zero-order valence-electron chi connectivity index (χ0n) is 8.22. The number of hydrogen-bond acceptors (Lipinski definition) is 3. The molecule has 1 aromatic rings. The van der Waals surface area contributed by atoms with E-state index >= 15 is 0 Å². The molecule has 0 fully saturated rings. The predicted molar refractivity (Wildman–Crippen MR) is 50.1 cm³/mol. The first-order valence-corrected chi connectivity index (χ1v) is 4.37. The minimum absolute atomic E-state index is 0.0288. The third-order valence-corrected chi connectivity index (χ3v) is 1.58. The van der Waals surface area contributed by atoms with Crippen LogP contribution in [0.1, 0.15) is 32.5 Å². The van der Waals surface area contributed by atoms with E-state index in [2.05, 4.69) is 38.8 Å². The van der Waals surface area contributed by atoms with E-state index in [0.717, 1.165) is 24.5 Å². The van der Waals surface area contributed by atoms with Crippen molar-refractivity contribution < 1.29 is 4.52 Å². The number of hydrogen-bond donors (Lipinski definition) is 0. The minimum atomic E-state index is -0.0288. The van der Waals surface area contributed by atoms with Crippen LogP contribution >= 0.6 is 0 Å². The van der Waals surface area contributed by atoms with Crippen molar-refractivity contribution in [1.29, 1.82) is 0 Å². The molecule has 0 aliphatic rings. The molecule has 0 amide bonds. The Labute approximate surface area is 74.0 Å². The molecule has 0 aromatic carbocycles. The fourth-order valence-corrected chi connectivity index (χ4v) is 0.884. The molecule has 0 aliphatic carbocycles. The molecule has 0 saturated heterocycles.